The first-order chi connectivity index (χ1) is 13.5. The minimum Gasteiger partial charge on any atom is -0.504 e. The van der Waals surface area contributed by atoms with Crippen molar-refractivity contribution in [2.24, 2.45) is 0 Å². The maximum absolute atomic E-state index is 14.8. The largest absolute Gasteiger partial charge is 0.504 e. The van der Waals surface area contributed by atoms with E-state index >= 15 is 0 Å². The Kier molecular flexibility index (Phi) is 3.97. The number of aryl methyl sites for hydroxylation is 1. The number of piperidine rings is 1. The van der Waals surface area contributed by atoms with Gasteiger partial charge in [-0.3, -0.25) is 4.98 Å². The maximum atomic E-state index is 14.8. The molecule has 2 bridgehead atoms. The van der Waals surface area contributed by atoms with Crippen molar-refractivity contribution in [3.05, 3.63) is 36.5 Å². The molecule has 0 aromatic carbocycles. The Balaban J connectivity index is 1.42. The van der Waals surface area contributed by atoms with Crippen LogP contribution < -0.4 is 10.2 Å². The number of hydrogen-bond acceptors (Lipinski definition) is 6. The first-order valence-electron chi connectivity index (χ1n) is 9.64. The van der Waals surface area contributed by atoms with Crippen molar-refractivity contribution < 1.29 is 9.50 Å². The van der Waals surface area contributed by atoms with Crippen molar-refractivity contribution in [1.82, 2.24) is 24.7 Å². The summed E-state index contributed by atoms with van der Waals surface area (Å²) in [4.78, 5) is 15.1. The van der Waals surface area contributed by atoms with Crippen LogP contribution in [0.15, 0.2) is 30.9 Å². The Morgan fingerprint density at radius 1 is 1.21 bits per heavy atom. The van der Waals surface area contributed by atoms with E-state index in [0.717, 1.165) is 25.0 Å². The van der Waals surface area contributed by atoms with Gasteiger partial charge in [0.15, 0.2) is 11.4 Å². The topological polar surface area (TPSA) is 78.6 Å². The number of rotatable bonds is 3. The molecule has 8 heteroatoms. The van der Waals surface area contributed by atoms with Crippen LogP contribution in [0, 0.1) is 6.92 Å². The van der Waals surface area contributed by atoms with Crippen molar-refractivity contribution >= 4 is 11.5 Å². The van der Waals surface area contributed by atoms with Gasteiger partial charge in [0.1, 0.15) is 12.0 Å². The lowest BCUT2D eigenvalue weighted by atomic mass is 9.96. The predicted octanol–water partition coefficient (Wildman–Crippen LogP) is 2.47. The lowest BCUT2D eigenvalue weighted by molar-refractivity contribution is 0.176. The number of imidazole rings is 1. The molecule has 4 atom stereocenters. The second-order valence-corrected chi connectivity index (χ2v) is 7.84. The zero-order chi connectivity index (χ0) is 19.4. The van der Waals surface area contributed by atoms with Crippen LogP contribution >= 0.6 is 0 Å². The minimum absolute atomic E-state index is 0.0555. The van der Waals surface area contributed by atoms with Gasteiger partial charge in [-0.2, -0.15) is 0 Å². The van der Waals surface area contributed by atoms with E-state index < -0.39 is 6.17 Å². The lowest BCUT2D eigenvalue weighted by Crippen LogP contribution is -2.55. The number of aromatic hydroxyl groups is 1. The van der Waals surface area contributed by atoms with Gasteiger partial charge in [-0.05, 0) is 32.3 Å². The fraction of sp³-hybridized carbons (Fsp3) is 0.450. The number of nitrogens with zero attached hydrogens (tertiary/aromatic N) is 5. The highest BCUT2D eigenvalue weighted by Crippen LogP contribution is 2.34. The molecule has 0 amide bonds. The summed E-state index contributed by atoms with van der Waals surface area (Å²) in [5.41, 5.74) is 2.56. The van der Waals surface area contributed by atoms with Gasteiger partial charge in [-0.15, -0.1) is 0 Å². The summed E-state index contributed by atoms with van der Waals surface area (Å²) < 4.78 is 16.6. The number of fused-ring (bicyclic) bond motifs is 3. The van der Waals surface area contributed by atoms with Crippen molar-refractivity contribution in [3.63, 3.8) is 0 Å². The van der Waals surface area contributed by atoms with Crippen molar-refractivity contribution in [1.29, 1.82) is 0 Å². The predicted molar refractivity (Wildman–Crippen MR) is 104 cm³/mol. The van der Waals surface area contributed by atoms with Gasteiger partial charge >= 0.3 is 0 Å². The molecule has 0 spiro atoms. The molecule has 7 nitrogen and oxygen atoms in total. The SMILES string of the molecule is Cc1cnc2c(O)c(-c3cnc(N(C)[C@@H]4CC5CCC(N5)[C@@H]4F)cn3)ccn12. The number of anilines is 1. The van der Waals surface area contributed by atoms with E-state index in [1.807, 2.05) is 29.5 Å². The number of aromatic nitrogens is 4. The quantitative estimate of drug-likeness (QED) is 0.725. The molecule has 2 aliphatic rings. The van der Waals surface area contributed by atoms with Crippen LogP contribution in [0.3, 0.4) is 0 Å². The molecule has 2 N–H and O–H groups in total. The van der Waals surface area contributed by atoms with E-state index in [1.54, 1.807) is 24.7 Å². The summed E-state index contributed by atoms with van der Waals surface area (Å²) >= 11 is 0. The molecule has 2 fully saturated rings. The molecule has 3 aromatic heterocycles. The summed E-state index contributed by atoms with van der Waals surface area (Å²) in [6.45, 7) is 1.93. The van der Waals surface area contributed by atoms with E-state index in [9.17, 15) is 9.50 Å². The molecule has 3 aromatic rings. The summed E-state index contributed by atoms with van der Waals surface area (Å²) in [5.74, 6) is 0.708. The molecule has 5 heterocycles. The molecule has 2 saturated heterocycles. The first kappa shape index (κ1) is 17.4. The Labute approximate surface area is 162 Å². The number of alkyl halides is 1. The highest BCUT2D eigenvalue weighted by molar-refractivity contribution is 5.75. The number of halogens is 1. The molecule has 28 heavy (non-hydrogen) atoms. The van der Waals surface area contributed by atoms with E-state index in [0.29, 0.717) is 28.8 Å². The number of nitrogens with one attached hydrogen (secondary N) is 1. The van der Waals surface area contributed by atoms with Crippen molar-refractivity contribution in [3.8, 4) is 17.0 Å². The lowest BCUT2D eigenvalue weighted by Gasteiger charge is -2.38. The van der Waals surface area contributed by atoms with Crippen LogP contribution in [0.2, 0.25) is 0 Å². The molecular formula is C20H23FN6O. The normalized spacial score (nSPS) is 26.7. The van der Waals surface area contributed by atoms with Gasteiger partial charge in [-0.1, -0.05) is 0 Å². The molecule has 2 unspecified atom stereocenters. The van der Waals surface area contributed by atoms with E-state index in [1.165, 1.54) is 0 Å². The van der Waals surface area contributed by atoms with Crippen molar-refractivity contribution in [2.45, 2.75) is 50.5 Å². The van der Waals surface area contributed by atoms with E-state index in [-0.39, 0.29) is 17.8 Å². The van der Waals surface area contributed by atoms with Gasteiger partial charge in [0.05, 0.1) is 24.1 Å². The van der Waals surface area contributed by atoms with Crippen LogP contribution in [0.1, 0.15) is 25.0 Å². The molecule has 146 valence electrons. The Bertz CT molecular complexity index is 1020. The van der Waals surface area contributed by atoms with Gasteiger partial charge in [0.25, 0.3) is 0 Å². The van der Waals surface area contributed by atoms with E-state index in [4.69, 9.17) is 0 Å². The third kappa shape index (κ3) is 2.63. The highest BCUT2D eigenvalue weighted by Gasteiger charge is 2.43. The van der Waals surface area contributed by atoms with Gasteiger partial charge < -0.3 is 19.7 Å². The summed E-state index contributed by atoms with van der Waals surface area (Å²) in [5, 5.41) is 13.9. The summed E-state index contributed by atoms with van der Waals surface area (Å²) in [6, 6.07) is 1.93. The average molecular weight is 382 g/mol. The van der Waals surface area contributed by atoms with Crippen LogP contribution in [0.5, 0.6) is 5.75 Å². The Hall–Kier alpha value is -2.74. The Morgan fingerprint density at radius 2 is 2.07 bits per heavy atom. The molecule has 2 aliphatic heterocycles. The zero-order valence-electron chi connectivity index (χ0n) is 15.9. The smallest absolute Gasteiger partial charge is 0.180 e. The van der Waals surface area contributed by atoms with Gasteiger partial charge in [0.2, 0.25) is 0 Å². The van der Waals surface area contributed by atoms with Crippen LogP contribution in [0.25, 0.3) is 16.9 Å². The third-order valence-electron chi connectivity index (χ3n) is 6.17. The van der Waals surface area contributed by atoms with Crippen molar-refractivity contribution in [2.75, 3.05) is 11.9 Å². The monoisotopic (exact) mass is 382 g/mol. The molecular weight excluding hydrogens is 359 g/mol. The molecule has 0 aliphatic carbocycles. The zero-order valence-corrected chi connectivity index (χ0v) is 15.9. The molecule has 0 saturated carbocycles. The number of hydrogen-bond donors (Lipinski definition) is 2. The van der Waals surface area contributed by atoms with Crippen LogP contribution in [0.4, 0.5) is 10.2 Å². The second kappa shape index (κ2) is 6.41. The van der Waals surface area contributed by atoms with Crippen LogP contribution in [-0.2, 0) is 0 Å². The fourth-order valence-electron chi connectivity index (χ4n) is 4.53. The molecule has 5 rings (SSSR count). The summed E-state index contributed by atoms with van der Waals surface area (Å²) in [6.07, 6.45) is 8.62. The summed E-state index contributed by atoms with van der Waals surface area (Å²) in [7, 11) is 1.88. The third-order valence-corrected chi connectivity index (χ3v) is 6.17. The minimum atomic E-state index is -0.916. The Morgan fingerprint density at radius 3 is 2.86 bits per heavy atom. The molecule has 0 radical (unpaired) electrons. The standard InChI is InChI=1S/C20H23FN6O/c1-11-8-24-20-19(28)13(5-6-27(11)20)15-9-23-17(10-22-15)26(2)16-7-12-3-4-14(25-12)18(16)21/h5-6,8-10,12,14,16,18,25,28H,3-4,7H2,1-2H3/t12?,14?,16-,18+/m1/s1. The van der Waals surface area contributed by atoms with Gasteiger partial charge in [-0.25, -0.2) is 14.4 Å². The second-order valence-electron chi connectivity index (χ2n) is 7.84. The highest BCUT2D eigenvalue weighted by atomic mass is 19.1. The van der Waals surface area contributed by atoms with E-state index in [2.05, 4.69) is 20.3 Å². The van der Waals surface area contributed by atoms with Crippen LogP contribution in [-0.4, -0.2) is 55.8 Å². The van der Waals surface area contributed by atoms with Gasteiger partial charge in [0, 0.05) is 42.8 Å². The first-order valence-corrected chi connectivity index (χ1v) is 9.64. The average Bonchev–Trinajstić information content (AvgIpc) is 3.29. The number of pyridine rings is 1. The maximum Gasteiger partial charge on any atom is 0.180 e. The fourth-order valence-corrected chi connectivity index (χ4v) is 4.53.